The number of nitrogens with one attached hydrogen (secondary N) is 2. The van der Waals surface area contributed by atoms with Crippen molar-refractivity contribution in [3.05, 3.63) is 59.4 Å². The molecule has 0 aliphatic carbocycles. The van der Waals surface area contributed by atoms with Crippen LogP contribution in [0.4, 0.5) is 26.4 Å². The minimum absolute atomic E-state index is 0.0420. The summed E-state index contributed by atoms with van der Waals surface area (Å²) in [4.78, 5) is 63.7. The number of hydrogen-bond donors (Lipinski definition) is 3. The molecule has 288 valence electrons. The molecular weight excluding hydrogens is 707 g/mol. The molecule has 4 fully saturated rings. The highest BCUT2D eigenvalue weighted by atomic mass is 19.1. The SMILES string of the molecule is O=C1CCC(N2Cc3ccc(N4CCC(CN5CCN(C(=O)N6CCN7c8cc(-c9cc(F)ccc9O)nnc8NCC7C6)CC5)CC4)cc3C2=O)C(=O)N1. The van der Waals surface area contributed by atoms with Crippen molar-refractivity contribution in [2.45, 2.75) is 44.3 Å². The number of carbonyl (C=O) groups excluding carboxylic acids is 4. The first kappa shape index (κ1) is 35.2. The van der Waals surface area contributed by atoms with Gasteiger partial charge in [-0.25, -0.2) is 9.18 Å². The zero-order valence-electron chi connectivity index (χ0n) is 30.6. The maximum Gasteiger partial charge on any atom is 0.320 e. The predicted octanol–water partition coefficient (Wildman–Crippen LogP) is 2.32. The van der Waals surface area contributed by atoms with Crippen molar-refractivity contribution in [2.75, 3.05) is 87.1 Å². The third-order valence-corrected chi connectivity index (χ3v) is 12.2. The van der Waals surface area contributed by atoms with Crippen LogP contribution in [-0.2, 0) is 16.1 Å². The van der Waals surface area contributed by atoms with Crippen molar-refractivity contribution < 1.29 is 28.7 Å². The third-order valence-electron chi connectivity index (χ3n) is 12.2. The summed E-state index contributed by atoms with van der Waals surface area (Å²) in [6.07, 6.45) is 2.69. The maximum absolute atomic E-state index is 14.0. The summed E-state index contributed by atoms with van der Waals surface area (Å²) in [5.74, 6) is -0.159. The molecule has 3 aromatic rings. The van der Waals surface area contributed by atoms with Gasteiger partial charge in [-0.05, 0) is 67.1 Å². The van der Waals surface area contributed by atoms with Gasteiger partial charge in [0.2, 0.25) is 11.8 Å². The number of phenols is 1. The highest BCUT2D eigenvalue weighted by Crippen LogP contribution is 2.37. The van der Waals surface area contributed by atoms with Gasteiger partial charge < -0.3 is 34.9 Å². The van der Waals surface area contributed by atoms with E-state index in [1.807, 2.05) is 28.0 Å². The predicted molar refractivity (Wildman–Crippen MR) is 201 cm³/mol. The van der Waals surface area contributed by atoms with Crippen molar-refractivity contribution in [1.29, 1.82) is 0 Å². The van der Waals surface area contributed by atoms with Crippen molar-refractivity contribution in [2.24, 2.45) is 5.92 Å². The molecule has 0 radical (unpaired) electrons. The van der Waals surface area contributed by atoms with E-state index in [4.69, 9.17) is 0 Å². The van der Waals surface area contributed by atoms with Gasteiger partial charge in [0.1, 0.15) is 17.6 Å². The van der Waals surface area contributed by atoms with E-state index in [0.717, 1.165) is 62.5 Å². The van der Waals surface area contributed by atoms with E-state index in [0.29, 0.717) is 75.2 Å². The number of phenolic OH excluding ortho intramolecular Hbond substituents is 1. The smallest absolute Gasteiger partial charge is 0.320 e. The molecule has 7 heterocycles. The number of benzene rings is 2. The van der Waals surface area contributed by atoms with Gasteiger partial charge in [0.15, 0.2) is 5.82 Å². The second-order valence-corrected chi connectivity index (χ2v) is 15.5. The Morgan fingerprint density at radius 1 is 0.855 bits per heavy atom. The minimum Gasteiger partial charge on any atom is -0.507 e. The van der Waals surface area contributed by atoms with Crippen LogP contribution in [0, 0.1) is 11.7 Å². The zero-order valence-corrected chi connectivity index (χ0v) is 30.6. The lowest BCUT2D eigenvalue weighted by Crippen LogP contribution is -2.62. The lowest BCUT2D eigenvalue weighted by molar-refractivity contribution is -0.136. The molecule has 3 N–H and O–H groups in total. The Bertz CT molecular complexity index is 2030. The standard InChI is InChI=1S/C39H45FN10O5/c40-26-2-5-34(51)30(17-26)31-19-33-36(44-43-31)41-20-28-23-48(15-16-49(28)33)39(55)47-13-11-45(12-14-47)21-24-7-9-46(10-8-24)27-3-1-25-22-50(38(54)29(25)18-27)32-4-6-35(52)42-37(32)53/h1-3,5,17-19,24,28,32,51H,4,6-16,20-23H2,(H,41,44)(H,42,52,53). The van der Waals surface area contributed by atoms with Gasteiger partial charge in [0.05, 0.1) is 17.4 Å². The number of aromatic hydroxyl groups is 1. The summed E-state index contributed by atoms with van der Waals surface area (Å²) in [5, 5.41) is 24.6. The minimum atomic E-state index is -0.611. The van der Waals surface area contributed by atoms with E-state index in [-0.39, 0.29) is 41.6 Å². The highest BCUT2D eigenvalue weighted by Gasteiger charge is 2.40. The molecule has 15 nitrogen and oxygen atoms in total. The molecule has 0 saturated carbocycles. The number of imide groups is 1. The number of halogens is 1. The van der Waals surface area contributed by atoms with Crippen LogP contribution in [0.1, 0.15) is 41.6 Å². The second kappa shape index (κ2) is 14.3. The van der Waals surface area contributed by atoms with Crippen LogP contribution < -0.4 is 20.4 Å². The second-order valence-electron chi connectivity index (χ2n) is 15.5. The lowest BCUT2D eigenvalue weighted by atomic mass is 9.95. The van der Waals surface area contributed by atoms with Crippen LogP contribution >= 0.6 is 0 Å². The van der Waals surface area contributed by atoms with E-state index < -0.39 is 17.8 Å². The molecule has 2 atom stereocenters. The molecule has 4 saturated heterocycles. The molecule has 55 heavy (non-hydrogen) atoms. The van der Waals surface area contributed by atoms with E-state index >= 15 is 0 Å². The monoisotopic (exact) mass is 752 g/mol. The van der Waals surface area contributed by atoms with Gasteiger partial charge >= 0.3 is 6.03 Å². The van der Waals surface area contributed by atoms with Crippen LogP contribution in [-0.4, -0.2) is 143 Å². The molecule has 5 amide bonds. The van der Waals surface area contributed by atoms with Gasteiger partial charge in [-0.3, -0.25) is 24.6 Å². The van der Waals surface area contributed by atoms with Gasteiger partial charge in [-0.15, -0.1) is 10.2 Å². The van der Waals surface area contributed by atoms with Gasteiger partial charge in [-0.1, -0.05) is 6.07 Å². The van der Waals surface area contributed by atoms with Gasteiger partial charge in [-0.2, -0.15) is 0 Å². The average Bonchev–Trinajstić information content (AvgIpc) is 3.53. The Labute approximate surface area is 318 Å². The molecular formula is C39H45FN10O5. The number of piperidine rings is 2. The number of fused-ring (bicyclic) bond motifs is 4. The summed E-state index contributed by atoms with van der Waals surface area (Å²) in [6.45, 7) is 8.67. The quantitative estimate of drug-likeness (QED) is 0.329. The first-order valence-corrected chi connectivity index (χ1v) is 19.3. The van der Waals surface area contributed by atoms with Crippen molar-refractivity contribution >= 4 is 40.9 Å². The molecule has 0 spiro atoms. The first-order chi connectivity index (χ1) is 26.7. The molecule has 9 rings (SSSR count). The van der Waals surface area contributed by atoms with Crippen LogP contribution in [0.5, 0.6) is 5.75 Å². The summed E-state index contributed by atoms with van der Waals surface area (Å²) in [6, 6.07) is 11.1. The molecule has 16 heteroatoms. The highest BCUT2D eigenvalue weighted by molar-refractivity contribution is 6.05. The Morgan fingerprint density at radius 2 is 1.65 bits per heavy atom. The van der Waals surface area contributed by atoms with Gasteiger partial charge in [0.25, 0.3) is 5.91 Å². The summed E-state index contributed by atoms with van der Waals surface area (Å²) < 4.78 is 14.0. The van der Waals surface area contributed by atoms with E-state index in [1.165, 1.54) is 18.2 Å². The number of aromatic nitrogens is 2. The molecule has 1 aromatic heterocycles. The van der Waals surface area contributed by atoms with Crippen molar-refractivity contribution in [3.8, 4) is 17.0 Å². The number of urea groups is 1. The Morgan fingerprint density at radius 3 is 2.45 bits per heavy atom. The summed E-state index contributed by atoms with van der Waals surface area (Å²) in [7, 11) is 0. The number of hydrogen-bond acceptors (Lipinski definition) is 11. The van der Waals surface area contributed by atoms with E-state index in [9.17, 15) is 28.7 Å². The maximum atomic E-state index is 14.0. The van der Waals surface area contributed by atoms with Crippen LogP contribution in [0.25, 0.3) is 11.3 Å². The normalized spacial score (nSPS) is 23.3. The molecule has 6 aliphatic rings. The van der Waals surface area contributed by atoms with Gasteiger partial charge in [0, 0.05) is 102 Å². The van der Waals surface area contributed by atoms with Crippen molar-refractivity contribution in [1.82, 2.24) is 35.1 Å². The summed E-state index contributed by atoms with van der Waals surface area (Å²) in [5.41, 5.74) is 4.09. The number of nitrogens with zero attached hydrogens (tertiary/aromatic N) is 8. The fraction of sp³-hybridized carbons (Fsp3) is 0.487. The molecule has 2 unspecified atom stereocenters. The molecule has 6 aliphatic heterocycles. The third kappa shape index (κ3) is 6.76. The van der Waals surface area contributed by atoms with Crippen LogP contribution in [0.3, 0.4) is 0 Å². The fourth-order valence-electron chi connectivity index (χ4n) is 9.11. The Balaban J connectivity index is 0.740. The fourth-order valence-corrected chi connectivity index (χ4v) is 9.11. The Kier molecular flexibility index (Phi) is 9.15. The first-order valence-electron chi connectivity index (χ1n) is 19.3. The zero-order chi connectivity index (χ0) is 37.8. The van der Waals surface area contributed by atoms with E-state index in [2.05, 4.69) is 41.6 Å². The lowest BCUT2D eigenvalue weighted by Gasteiger charge is -2.47. The van der Waals surface area contributed by atoms with Crippen LogP contribution in [0.2, 0.25) is 0 Å². The number of carbonyl (C=O) groups is 4. The average molecular weight is 753 g/mol. The summed E-state index contributed by atoms with van der Waals surface area (Å²) >= 11 is 0. The number of piperazine rings is 2. The molecule has 2 aromatic carbocycles. The number of rotatable bonds is 5. The van der Waals surface area contributed by atoms with Crippen LogP contribution in [0.15, 0.2) is 42.5 Å². The van der Waals surface area contributed by atoms with Crippen molar-refractivity contribution in [3.63, 3.8) is 0 Å². The Hall–Kier alpha value is -5.51. The number of anilines is 3. The number of amides is 5. The molecule has 0 bridgehead atoms. The largest absolute Gasteiger partial charge is 0.507 e. The topological polar surface area (TPSA) is 158 Å². The van der Waals surface area contributed by atoms with E-state index in [1.54, 1.807) is 4.90 Å².